The lowest BCUT2D eigenvalue weighted by Gasteiger charge is -2.23. The molecule has 0 aliphatic heterocycles. The van der Waals surface area contributed by atoms with Crippen LogP contribution >= 0.6 is 0 Å². The Bertz CT molecular complexity index is 787. The van der Waals surface area contributed by atoms with Crippen LogP contribution < -0.4 is 14.2 Å². The molecule has 5 nitrogen and oxygen atoms in total. The van der Waals surface area contributed by atoms with E-state index in [1.807, 2.05) is 29.2 Å². The molecule has 0 aromatic heterocycles. The van der Waals surface area contributed by atoms with Gasteiger partial charge in [0.15, 0.2) is 11.5 Å². The Labute approximate surface area is 167 Å². The molecule has 1 saturated carbocycles. The van der Waals surface area contributed by atoms with Gasteiger partial charge in [0.2, 0.25) is 11.7 Å². The molecule has 1 aliphatic carbocycles. The van der Waals surface area contributed by atoms with E-state index in [9.17, 15) is 4.79 Å². The van der Waals surface area contributed by atoms with Crippen molar-refractivity contribution in [3.63, 3.8) is 0 Å². The maximum atomic E-state index is 12.9. The van der Waals surface area contributed by atoms with Gasteiger partial charge >= 0.3 is 0 Å². The Morgan fingerprint density at radius 3 is 2.07 bits per heavy atom. The van der Waals surface area contributed by atoms with Gasteiger partial charge in [0, 0.05) is 12.6 Å². The lowest BCUT2D eigenvalue weighted by atomic mass is 10.1. The largest absolute Gasteiger partial charge is 0.493 e. The molecule has 0 saturated heterocycles. The van der Waals surface area contributed by atoms with Gasteiger partial charge in [-0.15, -0.1) is 0 Å². The predicted octanol–water partition coefficient (Wildman–Crippen LogP) is 3.80. The van der Waals surface area contributed by atoms with Crippen LogP contribution in [0, 0.1) is 6.92 Å². The van der Waals surface area contributed by atoms with Crippen LogP contribution in [0.15, 0.2) is 36.4 Å². The maximum absolute atomic E-state index is 12.9. The van der Waals surface area contributed by atoms with Gasteiger partial charge in [-0.05, 0) is 49.4 Å². The standard InChI is InChI=1S/C23H29NO4/c1-16-5-7-17(8-6-16)15-22(25)24(19-9-10-19)12-11-18-13-20(26-2)23(28-4)21(14-18)27-3/h5-8,13-14,19H,9-12,15H2,1-4H3. The van der Waals surface area contributed by atoms with Gasteiger partial charge in [0.1, 0.15) is 0 Å². The zero-order valence-electron chi connectivity index (χ0n) is 17.2. The molecule has 0 radical (unpaired) electrons. The lowest BCUT2D eigenvalue weighted by molar-refractivity contribution is -0.131. The van der Waals surface area contributed by atoms with Gasteiger partial charge in [-0.25, -0.2) is 0 Å². The van der Waals surface area contributed by atoms with Crippen LogP contribution in [-0.4, -0.2) is 44.7 Å². The average molecular weight is 383 g/mol. The van der Waals surface area contributed by atoms with Crippen molar-refractivity contribution >= 4 is 5.91 Å². The number of aryl methyl sites for hydroxylation is 1. The number of amides is 1. The quantitative estimate of drug-likeness (QED) is 0.661. The molecule has 5 heteroatoms. The van der Waals surface area contributed by atoms with E-state index in [-0.39, 0.29) is 5.91 Å². The number of methoxy groups -OCH3 is 3. The van der Waals surface area contributed by atoms with Crippen LogP contribution in [-0.2, 0) is 17.6 Å². The van der Waals surface area contributed by atoms with Crippen molar-refractivity contribution in [1.29, 1.82) is 0 Å². The molecule has 2 aromatic carbocycles. The molecule has 150 valence electrons. The number of rotatable bonds is 9. The first-order valence-electron chi connectivity index (χ1n) is 9.69. The smallest absolute Gasteiger partial charge is 0.227 e. The van der Waals surface area contributed by atoms with Gasteiger partial charge < -0.3 is 19.1 Å². The Morgan fingerprint density at radius 1 is 0.964 bits per heavy atom. The summed E-state index contributed by atoms with van der Waals surface area (Å²) in [5, 5.41) is 0. The van der Waals surface area contributed by atoms with Gasteiger partial charge in [0.05, 0.1) is 27.8 Å². The van der Waals surface area contributed by atoms with Crippen LogP contribution in [0.4, 0.5) is 0 Å². The Morgan fingerprint density at radius 2 is 1.57 bits per heavy atom. The predicted molar refractivity (Wildman–Crippen MR) is 109 cm³/mol. The molecule has 0 heterocycles. The summed E-state index contributed by atoms with van der Waals surface area (Å²) >= 11 is 0. The number of benzene rings is 2. The van der Waals surface area contributed by atoms with Gasteiger partial charge in [0.25, 0.3) is 0 Å². The molecule has 2 aromatic rings. The summed E-state index contributed by atoms with van der Waals surface area (Å²) in [5.74, 6) is 2.06. The molecule has 0 unspecified atom stereocenters. The van der Waals surface area contributed by atoms with Crippen molar-refractivity contribution in [3.8, 4) is 17.2 Å². The van der Waals surface area contributed by atoms with Gasteiger partial charge in [-0.3, -0.25) is 4.79 Å². The fraction of sp³-hybridized carbons (Fsp3) is 0.435. The zero-order chi connectivity index (χ0) is 20.1. The summed E-state index contributed by atoms with van der Waals surface area (Å²) in [6, 6.07) is 12.5. The topological polar surface area (TPSA) is 48.0 Å². The highest BCUT2D eigenvalue weighted by atomic mass is 16.5. The van der Waals surface area contributed by atoms with Crippen molar-refractivity contribution < 1.29 is 19.0 Å². The molecule has 28 heavy (non-hydrogen) atoms. The molecule has 1 fully saturated rings. The Kier molecular flexibility index (Phi) is 6.45. The first-order chi connectivity index (χ1) is 13.5. The number of hydrogen-bond donors (Lipinski definition) is 0. The van der Waals surface area contributed by atoms with Crippen LogP contribution in [0.1, 0.15) is 29.5 Å². The van der Waals surface area contributed by atoms with Crippen molar-refractivity contribution in [2.75, 3.05) is 27.9 Å². The van der Waals surface area contributed by atoms with E-state index in [1.54, 1.807) is 21.3 Å². The van der Waals surface area contributed by atoms with Crippen molar-refractivity contribution in [2.24, 2.45) is 0 Å². The minimum Gasteiger partial charge on any atom is -0.493 e. The number of hydrogen-bond acceptors (Lipinski definition) is 4. The molecule has 0 bridgehead atoms. The first kappa shape index (κ1) is 20.1. The highest BCUT2D eigenvalue weighted by Gasteiger charge is 2.32. The fourth-order valence-corrected chi connectivity index (χ4v) is 3.41. The second-order valence-corrected chi connectivity index (χ2v) is 7.26. The summed E-state index contributed by atoms with van der Waals surface area (Å²) in [5.41, 5.74) is 3.33. The van der Waals surface area contributed by atoms with E-state index < -0.39 is 0 Å². The Hall–Kier alpha value is -2.69. The molecule has 0 atom stereocenters. The number of ether oxygens (including phenoxy) is 3. The van der Waals surface area contributed by atoms with Crippen LogP contribution in [0.3, 0.4) is 0 Å². The third-order valence-electron chi connectivity index (χ3n) is 5.15. The highest BCUT2D eigenvalue weighted by molar-refractivity contribution is 5.79. The van der Waals surface area contributed by atoms with Crippen molar-refractivity contribution in [3.05, 3.63) is 53.1 Å². The normalized spacial score (nSPS) is 13.1. The lowest BCUT2D eigenvalue weighted by Crippen LogP contribution is -2.36. The molecular weight excluding hydrogens is 354 g/mol. The second kappa shape index (κ2) is 9.00. The van der Waals surface area contributed by atoms with Gasteiger partial charge in [-0.2, -0.15) is 0 Å². The Balaban J connectivity index is 1.70. The molecule has 3 rings (SSSR count). The van der Waals surface area contributed by atoms with E-state index in [1.165, 1.54) is 5.56 Å². The van der Waals surface area contributed by atoms with E-state index in [4.69, 9.17) is 14.2 Å². The number of nitrogens with zero attached hydrogens (tertiary/aromatic N) is 1. The molecule has 0 spiro atoms. The summed E-state index contributed by atoms with van der Waals surface area (Å²) in [6.07, 6.45) is 3.38. The molecule has 1 aliphatic rings. The van der Waals surface area contributed by atoms with Crippen LogP contribution in [0.5, 0.6) is 17.2 Å². The average Bonchev–Trinajstić information content (AvgIpc) is 3.54. The third-order valence-corrected chi connectivity index (χ3v) is 5.15. The SMILES string of the molecule is COc1cc(CCN(C(=O)Cc2ccc(C)cc2)C2CC2)cc(OC)c1OC. The maximum Gasteiger partial charge on any atom is 0.227 e. The second-order valence-electron chi connectivity index (χ2n) is 7.26. The summed E-state index contributed by atoms with van der Waals surface area (Å²) < 4.78 is 16.3. The summed E-state index contributed by atoms with van der Waals surface area (Å²) in [4.78, 5) is 14.9. The first-order valence-corrected chi connectivity index (χ1v) is 9.69. The fourth-order valence-electron chi connectivity index (χ4n) is 3.41. The highest BCUT2D eigenvalue weighted by Crippen LogP contribution is 2.38. The van der Waals surface area contributed by atoms with E-state index in [2.05, 4.69) is 19.1 Å². The van der Waals surface area contributed by atoms with E-state index >= 15 is 0 Å². The minimum absolute atomic E-state index is 0.193. The summed E-state index contributed by atoms with van der Waals surface area (Å²) in [6.45, 7) is 2.74. The van der Waals surface area contributed by atoms with E-state index in [0.29, 0.717) is 36.3 Å². The molecule has 0 N–H and O–H groups in total. The van der Waals surface area contributed by atoms with Crippen molar-refractivity contribution in [1.82, 2.24) is 4.90 Å². The third kappa shape index (κ3) is 4.77. The van der Waals surface area contributed by atoms with Gasteiger partial charge in [-0.1, -0.05) is 29.8 Å². The zero-order valence-corrected chi connectivity index (χ0v) is 17.2. The van der Waals surface area contributed by atoms with Crippen molar-refractivity contribution in [2.45, 2.75) is 38.6 Å². The van der Waals surface area contributed by atoms with Crippen LogP contribution in [0.2, 0.25) is 0 Å². The monoisotopic (exact) mass is 383 g/mol. The number of carbonyl (C=O) groups excluding carboxylic acids is 1. The number of carbonyl (C=O) groups is 1. The van der Waals surface area contributed by atoms with Crippen LogP contribution in [0.25, 0.3) is 0 Å². The van der Waals surface area contributed by atoms with E-state index in [0.717, 1.165) is 30.4 Å². The minimum atomic E-state index is 0.193. The molecular formula is C23H29NO4. The molecule has 1 amide bonds. The summed E-state index contributed by atoms with van der Waals surface area (Å²) in [7, 11) is 4.82.